The van der Waals surface area contributed by atoms with E-state index in [0.29, 0.717) is 5.89 Å². The molecule has 0 atom stereocenters. The maximum Gasteiger partial charge on any atom is 0.227 e. The first-order valence-electron chi connectivity index (χ1n) is 12.4. The molecule has 2 heterocycles. The number of aromatic nitrogens is 2. The van der Waals surface area contributed by atoms with Crippen LogP contribution in [0.25, 0.3) is 61.2 Å². The minimum atomic E-state index is 0.659. The predicted octanol–water partition coefficient (Wildman–Crippen LogP) is 8.82. The Labute approximate surface area is 209 Å². The van der Waals surface area contributed by atoms with Crippen molar-refractivity contribution in [1.29, 1.82) is 0 Å². The molecule has 0 saturated heterocycles. The van der Waals surface area contributed by atoms with Crippen LogP contribution in [0.4, 0.5) is 0 Å². The van der Waals surface area contributed by atoms with Crippen molar-refractivity contribution in [2.24, 2.45) is 0 Å². The van der Waals surface area contributed by atoms with E-state index in [2.05, 4.69) is 126 Å². The van der Waals surface area contributed by atoms with Crippen molar-refractivity contribution in [2.45, 2.75) is 13.3 Å². The first-order chi connectivity index (χ1) is 17.8. The predicted molar refractivity (Wildman–Crippen MR) is 149 cm³/mol. The van der Waals surface area contributed by atoms with Gasteiger partial charge in [0.25, 0.3) is 0 Å². The molecule has 36 heavy (non-hydrogen) atoms. The SMILES string of the molecule is CCc1ccc2nc(-c3ccc(-c4ccc(-n5c6ccccc6c6ccccc65)cc4)cc3)oc2c1. The number of oxazole rings is 1. The average molecular weight is 465 g/mol. The van der Waals surface area contributed by atoms with E-state index in [-0.39, 0.29) is 0 Å². The van der Waals surface area contributed by atoms with E-state index in [1.807, 2.05) is 6.07 Å². The summed E-state index contributed by atoms with van der Waals surface area (Å²) in [6.45, 7) is 2.15. The molecule has 0 aliphatic heterocycles. The van der Waals surface area contributed by atoms with Crippen molar-refractivity contribution >= 4 is 32.9 Å². The summed E-state index contributed by atoms with van der Waals surface area (Å²) >= 11 is 0. The monoisotopic (exact) mass is 464 g/mol. The Bertz CT molecular complexity index is 1800. The van der Waals surface area contributed by atoms with E-state index in [9.17, 15) is 0 Å². The van der Waals surface area contributed by atoms with Crippen molar-refractivity contribution in [1.82, 2.24) is 9.55 Å². The quantitative estimate of drug-likeness (QED) is 0.260. The number of benzene rings is 5. The molecular formula is C33H24N2O. The number of nitrogens with zero attached hydrogens (tertiary/aromatic N) is 2. The summed E-state index contributed by atoms with van der Waals surface area (Å²) in [7, 11) is 0. The van der Waals surface area contributed by atoms with Gasteiger partial charge >= 0.3 is 0 Å². The molecule has 2 aromatic heterocycles. The fourth-order valence-electron chi connectivity index (χ4n) is 5.12. The highest BCUT2D eigenvalue weighted by molar-refractivity contribution is 6.09. The van der Waals surface area contributed by atoms with Crippen LogP contribution in [-0.4, -0.2) is 9.55 Å². The van der Waals surface area contributed by atoms with Gasteiger partial charge in [-0.2, -0.15) is 0 Å². The van der Waals surface area contributed by atoms with Crippen molar-refractivity contribution in [3.63, 3.8) is 0 Å². The summed E-state index contributed by atoms with van der Waals surface area (Å²) in [5, 5.41) is 2.55. The number of hydrogen-bond donors (Lipinski definition) is 0. The highest BCUT2D eigenvalue weighted by Crippen LogP contribution is 2.33. The van der Waals surface area contributed by atoms with Crippen LogP contribution >= 0.6 is 0 Å². The van der Waals surface area contributed by atoms with Crippen LogP contribution in [0.5, 0.6) is 0 Å². The molecule has 0 aliphatic rings. The van der Waals surface area contributed by atoms with Crippen LogP contribution in [0.15, 0.2) is 120 Å². The van der Waals surface area contributed by atoms with Gasteiger partial charge in [-0.25, -0.2) is 4.98 Å². The standard InChI is InChI=1S/C33H24N2O/c1-2-22-11-20-29-32(21-22)36-33(34-29)25-14-12-23(13-15-25)24-16-18-26(19-17-24)35-30-9-5-3-7-27(30)28-8-4-6-10-31(28)35/h3-21H,2H2,1H3. The van der Waals surface area contributed by atoms with E-state index in [4.69, 9.17) is 4.42 Å². The largest absolute Gasteiger partial charge is 0.436 e. The number of hydrogen-bond acceptors (Lipinski definition) is 2. The van der Waals surface area contributed by atoms with Crippen LogP contribution in [0, 0.1) is 0 Å². The number of rotatable bonds is 4. The Kier molecular flexibility index (Phi) is 4.74. The van der Waals surface area contributed by atoms with Crippen molar-refractivity contribution in [2.75, 3.05) is 0 Å². The zero-order valence-electron chi connectivity index (χ0n) is 20.0. The molecule has 0 N–H and O–H groups in total. The second-order valence-electron chi connectivity index (χ2n) is 9.17. The third-order valence-electron chi connectivity index (χ3n) is 7.03. The van der Waals surface area contributed by atoms with Gasteiger partial charge in [-0.1, -0.05) is 73.7 Å². The smallest absolute Gasteiger partial charge is 0.227 e. The molecule has 0 amide bonds. The second kappa shape index (κ2) is 8.24. The van der Waals surface area contributed by atoms with Gasteiger partial charge in [-0.15, -0.1) is 0 Å². The van der Waals surface area contributed by atoms with E-state index < -0.39 is 0 Å². The number of para-hydroxylation sites is 2. The second-order valence-corrected chi connectivity index (χ2v) is 9.17. The highest BCUT2D eigenvalue weighted by Gasteiger charge is 2.12. The first kappa shape index (κ1) is 20.7. The Morgan fingerprint density at radius 3 is 1.86 bits per heavy atom. The Morgan fingerprint density at radius 1 is 0.639 bits per heavy atom. The maximum absolute atomic E-state index is 6.06. The average Bonchev–Trinajstić information content (AvgIpc) is 3.52. The van der Waals surface area contributed by atoms with Gasteiger partial charge in [0, 0.05) is 22.0 Å². The van der Waals surface area contributed by atoms with Crippen LogP contribution in [0.1, 0.15) is 12.5 Å². The lowest BCUT2D eigenvalue weighted by Gasteiger charge is -2.09. The van der Waals surface area contributed by atoms with Gasteiger partial charge in [0.15, 0.2) is 5.58 Å². The van der Waals surface area contributed by atoms with Crippen molar-refractivity contribution in [3.8, 4) is 28.3 Å². The molecule has 0 fully saturated rings. The van der Waals surface area contributed by atoms with Crippen LogP contribution in [0.3, 0.4) is 0 Å². The van der Waals surface area contributed by atoms with Gasteiger partial charge in [0.1, 0.15) is 5.52 Å². The van der Waals surface area contributed by atoms with Crippen LogP contribution in [-0.2, 0) is 6.42 Å². The fraction of sp³-hybridized carbons (Fsp3) is 0.0606. The summed E-state index contributed by atoms with van der Waals surface area (Å²) in [6.07, 6.45) is 0.982. The minimum absolute atomic E-state index is 0.659. The van der Waals surface area contributed by atoms with E-state index in [0.717, 1.165) is 34.3 Å². The molecule has 0 aliphatic carbocycles. The molecular weight excluding hydrogens is 440 g/mol. The zero-order valence-corrected chi connectivity index (χ0v) is 20.0. The molecule has 0 spiro atoms. The molecule has 7 rings (SSSR count). The Morgan fingerprint density at radius 2 is 1.22 bits per heavy atom. The summed E-state index contributed by atoms with van der Waals surface area (Å²) < 4.78 is 8.40. The lowest BCUT2D eigenvalue weighted by Crippen LogP contribution is -1.93. The molecule has 3 nitrogen and oxygen atoms in total. The lowest BCUT2D eigenvalue weighted by atomic mass is 10.0. The topological polar surface area (TPSA) is 31.0 Å². The van der Waals surface area contributed by atoms with Gasteiger partial charge < -0.3 is 8.98 Å². The molecule has 0 bridgehead atoms. The van der Waals surface area contributed by atoms with Gasteiger partial charge in [-0.05, 0) is 71.6 Å². The van der Waals surface area contributed by atoms with E-state index >= 15 is 0 Å². The molecule has 7 aromatic rings. The molecule has 0 radical (unpaired) electrons. The van der Waals surface area contributed by atoms with Gasteiger partial charge in [0.05, 0.1) is 11.0 Å². The number of fused-ring (bicyclic) bond motifs is 4. The Hall–Kier alpha value is -4.63. The van der Waals surface area contributed by atoms with Gasteiger partial charge in [-0.3, -0.25) is 0 Å². The molecule has 3 heteroatoms. The lowest BCUT2D eigenvalue weighted by molar-refractivity contribution is 0.619. The molecule has 0 unspecified atom stereocenters. The minimum Gasteiger partial charge on any atom is -0.436 e. The van der Waals surface area contributed by atoms with Gasteiger partial charge in [0.2, 0.25) is 5.89 Å². The summed E-state index contributed by atoms with van der Waals surface area (Å²) in [6, 6.07) is 40.7. The maximum atomic E-state index is 6.06. The van der Waals surface area contributed by atoms with E-state index in [1.54, 1.807) is 0 Å². The summed E-state index contributed by atoms with van der Waals surface area (Å²) in [4.78, 5) is 4.68. The third-order valence-corrected chi connectivity index (χ3v) is 7.03. The van der Waals surface area contributed by atoms with E-state index in [1.165, 1.54) is 32.9 Å². The van der Waals surface area contributed by atoms with Crippen LogP contribution in [0.2, 0.25) is 0 Å². The highest BCUT2D eigenvalue weighted by atomic mass is 16.3. The third kappa shape index (κ3) is 3.32. The van der Waals surface area contributed by atoms with Crippen LogP contribution < -0.4 is 0 Å². The fourth-order valence-corrected chi connectivity index (χ4v) is 5.12. The molecule has 0 saturated carbocycles. The van der Waals surface area contributed by atoms with Crippen molar-refractivity contribution in [3.05, 3.63) is 121 Å². The Balaban J connectivity index is 1.22. The number of aryl methyl sites for hydroxylation is 1. The zero-order chi connectivity index (χ0) is 24.1. The first-order valence-corrected chi connectivity index (χ1v) is 12.4. The normalized spacial score (nSPS) is 11.6. The summed E-state index contributed by atoms with van der Waals surface area (Å²) in [5.74, 6) is 0.659. The molecule has 5 aromatic carbocycles. The molecule has 172 valence electrons. The summed E-state index contributed by atoms with van der Waals surface area (Å²) in [5.41, 5.74) is 9.92. The van der Waals surface area contributed by atoms with Crippen molar-refractivity contribution < 1.29 is 4.42 Å².